The molecule has 40 heavy (non-hydrogen) atoms. The van der Waals surface area contributed by atoms with Crippen LogP contribution in [0.1, 0.15) is 26.2 Å². The zero-order valence-electron chi connectivity index (χ0n) is 24.1. The Bertz CT molecular complexity index is 900. The molecule has 2 aromatic carbocycles. The van der Waals surface area contributed by atoms with Crippen LogP contribution in [-0.2, 0) is 22.8 Å². The van der Waals surface area contributed by atoms with Gasteiger partial charge in [-0.3, -0.25) is 0 Å². The lowest BCUT2D eigenvalue weighted by atomic mass is 10.3. The summed E-state index contributed by atoms with van der Waals surface area (Å²) in [4.78, 5) is 2.28. The fourth-order valence-electron chi connectivity index (χ4n) is 3.57. The largest absolute Gasteiger partial charge is 0.500 e. The summed E-state index contributed by atoms with van der Waals surface area (Å²) in [5.41, 5.74) is 1.91. The molecule has 2 atom stereocenters. The highest BCUT2D eigenvalue weighted by atomic mass is 33.1. The fourth-order valence-corrected chi connectivity index (χ4v) is 7.19. The minimum absolute atomic E-state index is 0.251. The molecule has 0 aliphatic carbocycles. The summed E-state index contributed by atoms with van der Waals surface area (Å²) >= 11 is 0. The van der Waals surface area contributed by atoms with Crippen LogP contribution < -0.4 is 10.6 Å². The van der Waals surface area contributed by atoms with Gasteiger partial charge in [0.1, 0.15) is 0 Å². The van der Waals surface area contributed by atoms with E-state index in [2.05, 4.69) is 41.8 Å². The first-order valence-electron chi connectivity index (χ1n) is 13.6. The van der Waals surface area contributed by atoms with E-state index in [4.69, 9.17) is 22.8 Å². The number of benzene rings is 2. The number of ether oxygens (including phenoxy) is 2. The first-order chi connectivity index (χ1) is 19.4. The number of anilines is 2. The van der Waals surface area contributed by atoms with Crippen LogP contribution in [0.3, 0.4) is 0 Å². The summed E-state index contributed by atoms with van der Waals surface area (Å²) in [6, 6.07) is 16.9. The molecule has 2 unspecified atom stereocenters. The second-order valence-electron chi connectivity index (χ2n) is 9.19. The molecule has 0 heterocycles. The van der Waals surface area contributed by atoms with E-state index in [9.17, 15) is 10.2 Å². The van der Waals surface area contributed by atoms with E-state index in [1.54, 1.807) is 42.9 Å². The lowest BCUT2D eigenvalue weighted by Crippen LogP contribution is -2.42. The van der Waals surface area contributed by atoms with E-state index >= 15 is 0 Å². The highest BCUT2D eigenvalue weighted by molar-refractivity contribution is 8.76. The molecule has 9 nitrogen and oxygen atoms in total. The van der Waals surface area contributed by atoms with Crippen molar-refractivity contribution in [3.8, 4) is 0 Å². The van der Waals surface area contributed by atoms with Gasteiger partial charge >= 0.3 is 8.80 Å². The Labute approximate surface area is 248 Å². The molecule has 0 spiro atoms. The van der Waals surface area contributed by atoms with Gasteiger partial charge in [0.2, 0.25) is 0 Å². The van der Waals surface area contributed by atoms with Crippen LogP contribution in [0.2, 0.25) is 6.04 Å². The fraction of sp³-hybridized carbons (Fsp3) is 0.571. The van der Waals surface area contributed by atoms with Crippen LogP contribution in [0.5, 0.6) is 0 Å². The van der Waals surface area contributed by atoms with Gasteiger partial charge in [-0.05, 0) is 61.4 Å². The van der Waals surface area contributed by atoms with Crippen molar-refractivity contribution in [1.29, 1.82) is 0 Å². The van der Waals surface area contributed by atoms with Gasteiger partial charge in [0, 0.05) is 74.8 Å². The molecule has 2 aromatic rings. The summed E-state index contributed by atoms with van der Waals surface area (Å²) < 4.78 is 27.2. The first kappa shape index (κ1) is 34.9. The number of hydrogen-bond acceptors (Lipinski definition) is 11. The van der Waals surface area contributed by atoms with Crippen LogP contribution >= 0.6 is 21.6 Å². The van der Waals surface area contributed by atoms with E-state index < -0.39 is 21.0 Å². The Hall–Kier alpha value is -1.32. The summed E-state index contributed by atoms with van der Waals surface area (Å²) in [5, 5.41) is 26.7. The Morgan fingerprint density at radius 2 is 1.12 bits per heavy atom. The molecule has 0 aliphatic heterocycles. The van der Waals surface area contributed by atoms with Crippen molar-refractivity contribution >= 4 is 41.8 Å². The molecule has 226 valence electrons. The van der Waals surface area contributed by atoms with Crippen molar-refractivity contribution < 1.29 is 33.0 Å². The molecule has 2 rings (SSSR count). The molecular formula is C28H46N2O7S2Si. The summed E-state index contributed by atoms with van der Waals surface area (Å²) in [5.74, 6) is 0. The minimum Gasteiger partial charge on any atom is -0.389 e. The monoisotopic (exact) mass is 614 g/mol. The van der Waals surface area contributed by atoms with Gasteiger partial charge in [0.25, 0.3) is 0 Å². The van der Waals surface area contributed by atoms with Crippen molar-refractivity contribution in [2.75, 3.05) is 71.5 Å². The third kappa shape index (κ3) is 14.0. The number of unbranched alkanes of at least 4 members (excludes halogenated alkanes) is 1. The number of rotatable bonds is 23. The van der Waals surface area contributed by atoms with Gasteiger partial charge in [-0.25, -0.2) is 0 Å². The number of hydrogen-bond donors (Lipinski definition) is 4. The number of aliphatic hydroxyl groups excluding tert-OH is 2. The number of aliphatic hydroxyl groups is 2. The Morgan fingerprint density at radius 1 is 0.700 bits per heavy atom. The maximum absolute atomic E-state index is 10.2. The standard InChI is InChI=1S/C28H46N2O7S2Si/c1-5-6-16-36-21-25(31)19-29-23-8-12-27(13-9-23)38-39-28-14-10-24(11-15-28)30-20-26(32)22-37-17-7-18-40(33-2,34-3)35-4/h8-15,25-26,29-32H,5-7,16-22H2,1-4H3. The second kappa shape index (κ2) is 20.5. The quantitative estimate of drug-likeness (QED) is 0.0759. The lowest BCUT2D eigenvalue weighted by molar-refractivity contribution is 0.0412. The molecule has 0 radical (unpaired) electrons. The molecule has 12 heteroatoms. The van der Waals surface area contributed by atoms with Crippen LogP contribution in [0, 0.1) is 0 Å². The first-order valence-corrected chi connectivity index (χ1v) is 17.7. The Kier molecular flexibility index (Phi) is 17.9. The van der Waals surface area contributed by atoms with Crippen molar-refractivity contribution in [3.63, 3.8) is 0 Å². The van der Waals surface area contributed by atoms with Crippen LogP contribution in [-0.4, -0.2) is 92.1 Å². The van der Waals surface area contributed by atoms with E-state index in [1.807, 2.05) is 24.3 Å². The normalized spacial score (nSPS) is 13.2. The minimum atomic E-state index is -2.57. The zero-order chi connectivity index (χ0) is 29.1. The third-order valence-electron chi connectivity index (χ3n) is 5.99. The summed E-state index contributed by atoms with van der Waals surface area (Å²) in [6.07, 6.45) is 1.70. The maximum atomic E-state index is 10.2. The average Bonchev–Trinajstić information content (AvgIpc) is 2.99. The van der Waals surface area contributed by atoms with Gasteiger partial charge in [-0.15, -0.1) is 0 Å². The highest BCUT2D eigenvalue weighted by Crippen LogP contribution is 2.38. The van der Waals surface area contributed by atoms with Crippen LogP contribution in [0.25, 0.3) is 0 Å². The molecule has 4 N–H and O–H groups in total. The van der Waals surface area contributed by atoms with Gasteiger partial charge in [0.05, 0.1) is 25.4 Å². The molecule has 0 fully saturated rings. The molecule has 0 bridgehead atoms. The Morgan fingerprint density at radius 3 is 1.52 bits per heavy atom. The van der Waals surface area contributed by atoms with Gasteiger partial charge in [-0.2, -0.15) is 0 Å². The third-order valence-corrected chi connectivity index (χ3v) is 11.2. The Balaban J connectivity index is 1.61. The molecule has 0 amide bonds. The zero-order valence-corrected chi connectivity index (χ0v) is 26.7. The van der Waals surface area contributed by atoms with Crippen LogP contribution in [0.15, 0.2) is 58.3 Å². The topological polar surface area (TPSA) is 111 Å². The molecular weight excluding hydrogens is 569 g/mol. The van der Waals surface area contributed by atoms with Crippen LogP contribution in [0.4, 0.5) is 11.4 Å². The van der Waals surface area contributed by atoms with Gasteiger partial charge in [-0.1, -0.05) is 34.9 Å². The average molecular weight is 615 g/mol. The SMILES string of the molecule is CCCCOCC(O)CNc1ccc(SSc2ccc(NCC(O)COCCC[Si](OC)(OC)OC)cc2)cc1. The molecule has 0 saturated carbocycles. The molecule has 0 aliphatic rings. The van der Waals surface area contributed by atoms with E-state index in [1.165, 1.54) is 0 Å². The van der Waals surface area contributed by atoms with E-state index in [0.29, 0.717) is 39.0 Å². The van der Waals surface area contributed by atoms with Crippen molar-refractivity contribution in [1.82, 2.24) is 0 Å². The predicted molar refractivity (Wildman–Crippen MR) is 166 cm³/mol. The summed E-state index contributed by atoms with van der Waals surface area (Å²) in [6.45, 7) is 4.77. The highest BCUT2D eigenvalue weighted by Gasteiger charge is 2.36. The van der Waals surface area contributed by atoms with Gasteiger partial charge < -0.3 is 43.6 Å². The molecule has 0 saturated heterocycles. The number of nitrogens with one attached hydrogen (secondary N) is 2. The van der Waals surface area contributed by atoms with E-state index in [-0.39, 0.29) is 6.61 Å². The van der Waals surface area contributed by atoms with E-state index in [0.717, 1.165) is 40.4 Å². The predicted octanol–water partition coefficient (Wildman–Crippen LogP) is 5.13. The summed E-state index contributed by atoms with van der Waals surface area (Å²) in [7, 11) is 5.59. The van der Waals surface area contributed by atoms with Crippen molar-refractivity contribution in [2.45, 2.75) is 54.2 Å². The smallest absolute Gasteiger partial charge is 0.389 e. The van der Waals surface area contributed by atoms with Crippen molar-refractivity contribution in [3.05, 3.63) is 48.5 Å². The van der Waals surface area contributed by atoms with Crippen molar-refractivity contribution in [2.24, 2.45) is 0 Å². The van der Waals surface area contributed by atoms with Gasteiger partial charge in [0.15, 0.2) is 0 Å². The lowest BCUT2D eigenvalue weighted by Gasteiger charge is -2.24. The molecule has 0 aromatic heterocycles. The maximum Gasteiger partial charge on any atom is 0.500 e. The second-order valence-corrected chi connectivity index (χ2v) is 14.6.